The van der Waals surface area contributed by atoms with Crippen LogP contribution in [0.3, 0.4) is 0 Å². The van der Waals surface area contributed by atoms with Crippen molar-refractivity contribution in [2.75, 3.05) is 13.2 Å². The molecule has 106 valence electrons. The Kier molecular flexibility index (Phi) is 4.34. The van der Waals surface area contributed by atoms with E-state index in [1.54, 1.807) is 0 Å². The lowest BCUT2D eigenvalue weighted by atomic mass is 9.79. The molecule has 1 unspecified atom stereocenters. The molecular weight excluding hydrogens is 263 g/mol. The summed E-state index contributed by atoms with van der Waals surface area (Å²) in [7, 11) is 0. The third kappa shape index (κ3) is 3.86. The maximum atomic E-state index is 12.9. The molecule has 7 heteroatoms. The quantitative estimate of drug-likeness (QED) is 0.622. The highest BCUT2D eigenvalue weighted by molar-refractivity contribution is 6.74. The van der Waals surface area contributed by atoms with Gasteiger partial charge >= 0.3 is 6.98 Å². The Labute approximate surface area is 108 Å². The van der Waals surface area contributed by atoms with Crippen LogP contribution in [0.1, 0.15) is 19.3 Å². The third-order valence-electron chi connectivity index (χ3n) is 3.02. The van der Waals surface area contributed by atoms with Gasteiger partial charge in [0, 0.05) is 6.61 Å². The van der Waals surface area contributed by atoms with Gasteiger partial charge in [0.2, 0.25) is 0 Å². The normalized spacial score (nSPS) is 20.3. The summed E-state index contributed by atoms with van der Waals surface area (Å²) in [6, 6.07) is 2.45. The van der Waals surface area contributed by atoms with Crippen LogP contribution in [-0.2, 0) is 4.74 Å². The molecule has 0 radical (unpaired) electrons. The van der Waals surface area contributed by atoms with Gasteiger partial charge in [-0.3, -0.25) is 0 Å². The Hall–Kier alpha value is -1.24. The molecule has 1 aliphatic heterocycles. The molecule has 1 atom stereocenters. The van der Waals surface area contributed by atoms with E-state index in [-0.39, 0.29) is 18.5 Å². The summed E-state index contributed by atoms with van der Waals surface area (Å²) >= 11 is 0. The van der Waals surface area contributed by atoms with Crippen molar-refractivity contribution in [3.8, 4) is 5.75 Å². The molecule has 1 aromatic carbocycles. The summed E-state index contributed by atoms with van der Waals surface area (Å²) in [4.78, 5) is 0. The average molecular weight is 277 g/mol. The van der Waals surface area contributed by atoms with Crippen LogP contribution in [0.15, 0.2) is 18.2 Å². The molecule has 0 N–H and O–H groups in total. The number of rotatable bonds is 4. The first kappa shape index (κ1) is 14.2. The minimum Gasteiger partial charge on any atom is -0.494 e. The summed E-state index contributed by atoms with van der Waals surface area (Å²) in [6.45, 7) is -4.63. The average Bonchev–Trinajstić information content (AvgIpc) is 2.37. The van der Waals surface area contributed by atoms with Gasteiger partial charge in [-0.2, -0.15) is 0 Å². The van der Waals surface area contributed by atoms with Gasteiger partial charge in [-0.25, -0.2) is 4.39 Å². The molecule has 1 saturated heterocycles. The summed E-state index contributed by atoms with van der Waals surface area (Å²) < 4.78 is 61.8. The van der Waals surface area contributed by atoms with Gasteiger partial charge in [-0.15, -0.1) is 0 Å². The third-order valence-corrected chi connectivity index (χ3v) is 3.02. The summed E-state index contributed by atoms with van der Waals surface area (Å²) in [5, 5.41) is 0. The first-order valence-corrected chi connectivity index (χ1v) is 6.20. The molecule has 1 heterocycles. The number of halogens is 4. The SMILES string of the molecule is Fc1ccc(OCC2CCCCO2)c([B-](F)(F)F)c1. The molecule has 0 saturated carbocycles. The van der Waals surface area contributed by atoms with Crippen molar-refractivity contribution in [2.45, 2.75) is 25.4 Å². The van der Waals surface area contributed by atoms with Gasteiger partial charge in [0.1, 0.15) is 12.4 Å². The number of hydrogen-bond donors (Lipinski definition) is 0. The molecule has 2 nitrogen and oxygen atoms in total. The van der Waals surface area contributed by atoms with E-state index in [0.29, 0.717) is 12.7 Å². The van der Waals surface area contributed by atoms with Crippen molar-refractivity contribution in [3.63, 3.8) is 0 Å². The lowest BCUT2D eigenvalue weighted by Gasteiger charge is -2.25. The molecule has 0 amide bonds. The maximum absolute atomic E-state index is 12.9. The van der Waals surface area contributed by atoms with E-state index in [2.05, 4.69) is 0 Å². The van der Waals surface area contributed by atoms with Crippen LogP contribution in [0.4, 0.5) is 17.3 Å². The minimum atomic E-state index is -5.29. The zero-order valence-corrected chi connectivity index (χ0v) is 10.3. The van der Waals surface area contributed by atoms with Crippen molar-refractivity contribution in [2.24, 2.45) is 0 Å². The van der Waals surface area contributed by atoms with E-state index in [4.69, 9.17) is 9.47 Å². The Balaban J connectivity index is 2.06. The predicted molar refractivity (Wildman–Crippen MR) is 64.2 cm³/mol. The van der Waals surface area contributed by atoms with Crippen molar-refractivity contribution in [1.82, 2.24) is 0 Å². The van der Waals surface area contributed by atoms with Gasteiger partial charge in [0.05, 0.1) is 11.9 Å². The molecule has 0 bridgehead atoms. The maximum Gasteiger partial charge on any atom is 0.513 e. The van der Waals surface area contributed by atoms with Crippen LogP contribution in [-0.4, -0.2) is 26.3 Å². The number of benzene rings is 1. The lowest BCUT2D eigenvalue weighted by molar-refractivity contribution is -0.0109. The molecule has 19 heavy (non-hydrogen) atoms. The van der Waals surface area contributed by atoms with Gasteiger partial charge in [0.25, 0.3) is 0 Å². The van der Waals surface area contributed by atoms with Crippen LogP contribution in [0.2, 0.25) is 0 Å². The molecule has 1 fully saturated rings. The molecular formula is C12H14BF4O2-. The highest BCUT2D eigenvalue weighted by Crippen LogP contribution is 2.20. The molecule has 1 aromatic rings. The van der Waals surface area contributed by atoms with Gasteiger partial charge < -0.3 is 22.4 Å². The van der Waals surface area contributed by atoms with Crippen molar-refractivity contribution >= 4 is 12.4 Å². The minimum absolute atomic E-state index is 0.0603. The Bertz CT molecular complexity index is 430. The summed E-state index contributed by atoms with van der Waals surface area (Å²) in [5.41, 5.74) is -1.03. The highest BCUT2D eigenvalue weighted by atomic mass is 19.4. The fraction of sp³-hybridized carbons (Fsp3) is 0.500. The fourth-order valence-corrected chi connectivity index (χ4v) is 2.03. The monoisotopic (exact) mass is 277 g/mol. The van der Waals surface area contributed by atoms with Gasteiger partial charge in [-0.05, 0) is 37.5 Å². The Morgan fingerprint density at radius 1 is 1.26 bits per heavy atom. The van der Waals surface area contributed by atoms with Crippen LogP contribution in [0, 0.1) is 5.82 Å². The van der Waals surface area contributed by atoms with Gasteiger partial charge in [-0.1, -0.05) is 5.46 Å². The molecule has 2 rings (SSSR count). The molecule has 0 aliphatic carbocycles. The second-order valence-corrected chi connectivity index (χ2v) is 4.56. The standard InChI is InChI=1S/C12H14BF4O2/c14-9-4-5-12(11(7-9)13(15,16)17)19-8-10-3-1-2-6-18-10/h4-5,7,10H,1-3,6,8H2/q-1. The zero-order chi connectivity index (χ0) is 13.9. The second kappa shape index (κ2) is 5.82. The van der Waals surface area contributed by atoms with E-state index < -0.39 is 18.3 Å². The number of ether oxygens (including phenoxy) is 2. The zero-order valence-electron chi connectivity index (χ0n) is 10.3. The largest absolute Gasteiger partial charge is 0.513 e. The lowest BCUT2D eigenvalue weighted by Crippen LogP contribution is -2.37. The first-order valence-electron chi connectivity index (χ1n) is 6.20. The van der Waals surface area contributed by atoms with E-state index in [0.717, 1.165) is 31.4 Å². The van der Waals surface area contributed by atoms with Crippen LogP contribution in [0.25, 0.3) is 0 Å². The topological polar surface area (TPSA) is 18.5 Å². The van der Waals surface area contributed by atoms with E-state index in [9.17, 15) is 17.3 Å². The van der Waals surface area contributed by atoms with Crippen molar-refractivity contribution < 1.29 is 26.8 Å². The van der Waals surface area contributed by atoms with Gasteiger partial charge in [0.15, 0.2) is 0 Å². The molecule has 0 spiro atoms. The molecule has 0 aromatic heterocycles. The van der Waals surface area contributed by atoms with Crippen molar-refractivity contribution in [1.29, 1.82) is 0 Å². The van der Waals surface area contributed by atoms with Crippen molar-refractivity contribution in [3.05, 3.63) is 24.0 Å². The smallest absolute Gasteiger partial charge is 0.494 e. The highest BCUT2D eigenvalue weighted by Gasteiger charge is 2.30. The van der Waals surface area contributed by atoms with E-state index in [1.807, 2.05) is 0 Å². The second-order valence-electron chi connectivity index (χ2n) is 4.56. The first-order chi connectivity index (χ1) is 8.97. The Morgan fingerprint density at radius 3 is 2.68 bits per heavy atom. The van der Waals surface area contributed by atoms with E-state index >= 15 is 0 Å². The number of hydrogen-bond acceptors (Lipinski definition) is 2. The van der Waals surface area contributed by atoms with Crippen LogP contribution >= 0.6 is 0 Å². The fourth-order valence-electron chi connectivity index (χ4n) is 2.03. The van der Waals surface area contributed by atoms with Crippen LogP contribution < -0.4 is 10.2 Å². The molecule has 1 aliphatic rings. The van der Waals surface area contributed by atoms with Crippen LogP contribution in [0.5, 0.6) is 5.75 Å². The Morgan fingerprint density at radius 2 is 2.05 bits per heavy atom. The summed E-state index contributed by atoms with van der Waals surface area (Å²) in [6.07, 6.45) is 2.53. The predicted octanol–water partition coefficient (Wildman–Crippen LogP) is 2.83. The van der Waals surface area contributed by atoms with E-state index in [1.165, 1.54) is 0 Å². The summed E-state index contributed by atoms with van der Waals surface area (Å²) in [5.74, 6) is -1.25.